The Hall–Kier alpha value is -3.10. The monoisotopic (exact) mass is 485 g/mol. The number of alkyl carbamates (subject to hydrolysis) is 1. The van der Waals surface area contributed by atoms with Crippen molar-refractivity contribution in [2.75, 3.05) is 6.54 Å². The van der Waals surface area contributed by atoms with E-state index in [1.807, 2.05) is 60.7 Å². The first-order valence-corrected chi connectivity index (χ1v) is 11.8. The van der Waals surface area contributed by atoms with E-state index in [-0.39, 0.29) is 6.54 Å². The highest BCUT2D eigenvalue weighted by Gasteiger charge is 2.28. The summed E-state index contributed by atoms with van der Waals surface area (Å²) in [5.74, 6) is 0. The maximum atomic E-state index is 12.5. The van der Waals surface area contributed by atoms with Crippen molar-refractivity contribution >= 4 is 12.2 Å². The number of aliphatic hydroxyl groups is 1. The fourth-order valence-electron chi connectivity index (χ4n) is 3.35. The molecule has 0 radical (unpaired) electrons. The lowest BCUT2D eigenvalue weighted by Gasteiger charge is -2.31. The first kappa shape index (κ1) is 28.1. The summed E-state index contributed by atoms with van der Waals surface area (Å²) in [6, 6.07) is 18.5. The van der Waals surface area contributed by atoms with Crippen LogP contribution in [-0.4, -0.2) is 52.2 Å². The lowest BCUT2D eigenvalue weighted by molar-refractivity contribution is 0.0106. The minimum atomic E-state index is -1.03. The van der Waals surface area contributed by atoms with E-state index >= 15 is 0 Å². The molecule has 3 N–H and O–H groups in total. The van der Waals surface area contributed by atoms with Crippen LogP contribution in [0.15, 0.2) is 60.7 Å². The SMILES string of the molecule is CC(C)(C)OC(=O)N[C@@H](Cc1ccccc1)[C@@H](O)CN(Cc1ccccc1)NC(=O)OC(C)(C)C. The van der Waals surface area contributed by atoms with Crippen LogP contribution >= 0.6 is 0 Å². The first-order valence-electron chi connectivity index (χ1n) is 11.8. The molecule has 0 heterocycles. The Balaban J connectivity index is 2.20. The van der Waals surface area contributed by atoms with Crippen LogP contribution in [-0.2, 0) is 22.4 Å². The number of nitrogens with one attached hydrogen (secondary N) is 2. The third-order valence-corrected chi connectivity index (χ3v) is 4.74. The van der Waals surface area contributed by atoms with Crippen molar-refractivity contribution in [1.82, 2.24) is 15.8 Å². The van der Waals surface area contributed by atoms with Gasteiger partial charge in [-0.2, -0.15) is 0 Å². The van der Waals surface area contributed by atoms with Gasteiger partial charge in [0.05, 0.1) is 12.1 Å². The normalized spacial score (nSPS) is 13.6. The Morgan fingerprint density at radius 2 is 1.31 bits per heavy atom. The molecule has 35 heavy (non-hydrogen) atoms. The number of hydrogen-bond donors (Lipinski definition) is 3. The highest BCUT2D eigenvalue weighted by atomic mass is 16.6. The molecule has 0 saturated carbocycles. The Kier molecular flexibility index (Phi) is 10.1. The summed E-state index contributed by atoms with van der Waals surface area (Å²) in [7, 11) is 0. The summed E-state index contributed by atoms with van der Waals surface area (Å²) in [6.07, 6.45) is -1.89. The minimum Gasteiger partial charge on any atom is -0.444 e. The van der Waals surface area contributed by atoms with Gasteiger partial charge in [0.2, 0.25) is 0 Å². The molecule has 0 aliphatic heterocycles. The summed E-state index contributed by atoms with van der Waals surface area (Å²) >= 11 is 0. The quantitative estimate of drug-likeness (QED) is 0.455. The van der Waals surface area contributed by atoms with Gasteiger partial charge < -0.3 is 19.9 Å². The second kappa shape index (κ2) is 12.6. The van der Waals surface area contributed by atoms with Crippen LogP contribution in [0.25, 0.3) is 0 Å². The molecule has 2 aromatic rings. The molecule has 0 aromatic heterocycles. The minimum absolute atomic E-state index is 0.0431. The molecule has 0 fully saturated rings. The van der Waals surface area contributed by atoms with Crippen molar-refractivity contribution in [1.29, 1.82) is 0 Å². The van der Waals surface area contributed by atoms with Crippen LogP contribution < -0.4 is 10.7 Å². The Bertz CT molecular complexity index is 923. The summed E-state index contributed by atoms with van der Waals surface area (Å²) in [5.41, 5.74) is 3.27. The highest BCUT2D eigenvalue weighted by molar-refractivity contribution is 5.68. The van der Waals surface area contributed by atoms with Crippen molar-refractivity contribution in [3.63, 3.8) is 0 Å². The van der Waals surface area contributed by atoms with Gasteiger partial charge in [-0.25, -0.2) is 14.6 Å². The Morgan fingerprint density at radius 3 is 1.83 bits per heavy atom. The lowest BCUT2D eigenvalue weighted by Crippen LogP contribution is -2.54. The van der Waals surface area contributed by atoms with Gasteiger partial charge in [-0.1, -0.05) is 60.7 Å². The number of hydrogen-bond acceptors (Lipinski definition) is 6. The Morgan fingerprint density at radius 1 is 0.829 bits per heavy atom. The van der Waals surface area contributed by atoms with Crippen LogP contribution in [0, 0.1) is 0 Å². The third kappa shape index (κ3) is 11.7. The summed E-state index contributed by atoms with van der Waals surface area (Å²) < 4.78 is 10.8. The zero-order valence-corrected chi connectivity index (χ0v) is 21.6. The van der Waals surface area contributed by atoms with Crippen molar-refractivity contribution in [3.05, 3.63) is 71.8 Å². The van der Waals surface area contributed by atoms with Gasteiger partial charge in [0.25, 0.3) is 0 Å². The molecule has 192 valence electrons. The largest absolute Gasteiger partial charge is 0.444 e. The van der Waals surface area contributed by atoms with Gasteiger partial charge in [0, 0.05) is 13.1 Å². The molecule has 2 atom stereocenters. The van der Waals surface area contributed by atoms with Crippen molar-refractivity contribution in [3.8, 4) is 0 Å². The number of carbonyl (C=O) groups excluding carboxylic acids is 2. The van der Waals surface area contributed by atoms with E-state index in [0.717, 1.165) is 11.1 Å². The van der Waals surface area contributed by atoms with E-state index < -0.39 is 35.5 Å². The summed E-state index contributed by atoms with van der Waals surface area (Å²) in [4.78, 5) is 25.0. The molecule has 0 aliphatic carbocycles. The average molecular weight is 486 g/mol. The van der Waals surface area contributed by atoms with E-state index in [1.54, 1.807) is 46.6 Å². The topological polar surface area (TPSA) is 100 Å². The summed E-state index contributed by atoms with van der Waals surface area (Å²) in [5, 5.41) is 15.6. The molecular weight excluding hydrogens is 446 g/mol. The van der Waals surface area contributed by atoms with Crippen LogP contribution in [0.5, 0.6) is 0 Å². The number of nitrogens with zero attached hydrogens (tertiary/aromatic N) is 1. The molecule has 2 aromatic carbocycles. The number of rotatable bonds is 9. The van der Waals surface area contributed by atoms with Crippen molar-refractivity contribution in [2.24, 2.45) is 0 Å². The van der Waals surface area contributed by atoms with E-state index in [9.17, 15) is 14.7 Å². The molecule has 8 nitrogen and oxygen atoms in total. The number of amides is 2. The average Bonchev–Trinajstić information content (AvgIpc) is 2.72. The number of ether oxygens (including phenoxy) is 2. The van der Waals surface area contributed by atoms with Crippen LogP contribution in [0.3, 0.4) is 0 Å². The molecule has 8 heteroatoms. The number of aliphatic hydroxyl groups excluding tert-OH is 1. The Labute approximate surface area is 208 Å². The smallest absolute Gasteiger partial charge is 0.422 e. The van der Waals surface area contributed by atoms with E-state index in [1.165, 1.54) is 0 Å². The van der Waals surface area contributed by atoms with Gasteiger partial charge in [-0.05, 0) is 59.1 Å². The van der Waals surface area contributed by atoms with Gasteiger partial charge in [-0.3, -0.25) is 5.43 Å². The number of benzene rings is 2. The van der Waals surface area contributed by atoms with Gasteiger partial charge >= 0.3 is 12.2 Å². The molecule has 2 amide bonds. The number of carbonyl (C=O) groups is 2. The van der Waals surface area contributed by atoms with Crippen molar-refractivity contribution < 1.29 is 24.2 Å². The number of hydrazine groups is 1. The molecule has 0 unspecified atom stereocenters. The van der Waals surface area contributed by atoms with Crippen LogP contribution in [0.1, 0.15) is 52.7 Å². The fourth-order valence-corrected chi connectivity index (χ4v) is 3.35. The van der Waals surface area contributed by atoms with Gasteiger partial charge in [0.1, 0.15) is 11.2 Å². The standard InChI is InChI=1S/C27H39N3O5/c1-26(2,3)34-24(32)28-22(17-20-13-9-7-10-14-20)23(31)19-30(18-21-15-11-8-12-16-21)29-25(33)35-27(4,5)6/h7-16,22-23,31H,17-19H2,1-6H3,(H,28,32)(H,29,33)/t22-,23-/m0/s1. The van der Waals surface area contributed by atoms with Crippen LogP contribution in [0.4, 0.5) is 9.59 Å². The third-order valence-electron chi connectivity index (χ3n) is 4.74. The van der Waals surface area contributed by atoms with Gasteiger partial charge in [-0.15, -0.1) is 0 Å². The summed E-state index contributed by atoms with van der Waals surface area (Å²) in [6.45, 7) is 11.1. The zero-order chi connectivity index (χ0) is 26.1. The predicted octanol–water partition coefficient (Wildman–Crippen LogP) is 4.43. The molecule has 2 rings (SSSR count). The highest BCUT2D eigenvalue weighted by Crippen LogP contribution is 2.13. The first-order chi connectivity index (χ1) is 16.3. The fraction of sp³-hybridized carbons (Fsp3) is 0.481. The lowest BCUT2D eigenvalue weighted by atomic mass is 10.0. The molecule has 0 saturated heterocycles. The van der Waals surface area contributed by atoms with Crippen molar-refractivity contribution in [2.45, 2.75) is 77.9 Å². The molecule has 0 spiro atoms. The van der Waals surface area contributed by atoms with E-state index in [2.05, 4.69) is 10.7 Å². The second-order valence-electron chi connectivity index (χ2n) is 10.5. The molecule has 0 bridgehead atoms. The second-order valence-corrected chi connectivity index (χ2v) is 10.5. The zero-order valence-electron chi connectivity index (χ0n) is 21.6. The molecular formula is C27H39N3O5. The van der Waals surface area contributed by atoms with E-state index in [4.69, 9.17) is 9.47 Å². The maximum Gasteiger partial charge on any atom is 0.422 e. The van der Waals surface area contributed by atoms with E-state index in [0.29, 0.717) is 13.0 Å². The van der Waals surface area contributed by atoms with Crippen LogP contribution in [0.2, 0.25) is 0 Å². The molecule has 0 aliphatic rings. The van der Waals surface area contributed by atoms with Gasteiger partial charge in [0.15, 0.2) is 0 Å². The maximum absolute atomic E-state index is 12.5. The predicted molar refractivity (Wildman–Crippen MR) is 136 cm³/mol.